The number of rotatable bonds is 7. The summed E-state index contributed by atoms with van der Waals surface area (Å²) >= 11 is 0. The molecule has 0 saturated heterocycles. The molecule has 4 aromatic rings. The van der Waals surface area contributed by atoms with Crippen LogP contribution in [0, 0.1) is 0 Å². The lowest BCUT2D eigenvalue weighted by Crippen LogP contribution is -2.48. The summed E-state index contributed by atoms with van der Waals surface area (Å²) in [5.41, 5.74) is 3.96. The Morgan fingerprint density at radius 3 is 2.00 bits per heavy atom. The Morgan fingerprint density at radius 1 is 0.806 bits per heavy atom. The van der Waals surface area contributed by atoms with Gasteiger partial charge in [0.1, 0.15) is 6.04 Å². The first-order valence-corrected chi connectivity index (χ1v) is 10.3. The largest absolute Gasteiger partial charge is 0.361 e. The van der Waals surface area contributed by atoms with Crippen LogP contribution >= 0.6 is 0 Å². The molecule has 5 heteroatoms. The highest BCUT2D eigenvalue weighted by Gasteiger charge is 2.25. The van der Waals surface area contributed by atoms with Crippen molar-refractivity contribution in [2.75, 3.05) is 0 Å². The topological polar surface area (TPSA) is 74.0 Å². The van der Waals surface area contributed by atoms with E-state index in [0.717, 1.165) is 27.6 Å². The maximum atomic E-state index is 13.4. The van der Waals surface area contributed by atoms with Gasteiger partial charge < -0.3 is 15.6 Å². The van der Waals surface area contributed by atoms with Crippen molar-refractivity contribution in [1.29, 1.82) is 0 Å². The van der Waals surface area contributed by atoms with E-state index in [1.807, 2.05) is 91.1 Å². The van der Waals surface area contributed by atoms with Gasteiger partial charge in [-0.2, -0.15) is 0 Å². The molecule has 0 spiro atoms. The number of H-pyrrole nitrogens is 1. The first-order chi connectivity index (χ1) is 15.1. The highest BCUT2D eigenvalue weighted by molar-refractivity contribution is 5.89. The van der Waals surface area contributed by atoms with E-state index >= 15 is 0 Å². The fourth-order valence-electron chi connectivity index (χ4n) is 3.87. The van der Waals surface area contributed by atoms with Gasteiger partial charge in [0.2, 0.25) is 11.8 Å². The number of aromatic nitrogens is 1. The van der Waals surface area contributed by atoms with Crippen LogP contribution in [0.5, 0.6) is 0 Å². The summed E-state index contributed by atoms with van der Waals surface area (Å²) in [4.78, 5) is 28.5. The Morgan fingerprint density at radius 2 is 1.39 bits per heavy atom. The lowest BCUT2D eigenvalue weighted by Gasteiger charge is -2.24. The summed E-state index contributed by atoms with van der Waals surface area (Å²) in [5.74, 6) is -0.464. The average Bonchev–Trinajstić information content (AvgIpc) is 3.20. The van der Waals surface area contributed by atoms with Crippen LogP contribution in [-0.2, 0) is 16.0 Å². The molecule has 156 valence electrons. The zero-order chi connectivity index (χ0) is 21.6. The van der Waals surface area contributed by atoms with E-state index in [9.17, 15) is 9.59 Å². The highest BCUT2D eigenvalue weighted by atomic mass is 16.2. The van der Waals surface area contributed by atoms with Gasteiger partial charge >= 0.3 is 0 Å². The van der Waals surface area contributed by atoms with Crippen LogP contribution < -0.4 is 10.6 Å². The zero-order valence-electron chi connectivity index (χ0n) is 17.3. The minimum absolute atomic E-state index is 0.224. The SMILES string of the molecule is CC(=O)N[C@H](Cc1c[nH]c2ccccc12)C(=O)NC(c1ccccc1)c1ccccc1. The number of fused-ring (bicyclic) bond motifs is 1. The molecule has 4 rings (SSSR count). The molecule has 0 unspecified atom stereocenters. The molecular formula is C26H25N3O2. The van der Waals surface area contributed by atoms with Crippen molar-refractivity contribution in [3.8, 4) is 0 Å². The van der Waals surface area contributed by atoms with Crippen molar-refractivity contribution < 1.29 is 9.59 Å². The number of hydrogen-bond donors (Lipinski definition) is 3. The minimum Gasteiger partial charge on any atom is -0.361 e. The second-order valence-corrected chi connectivity index (χ2v) is 7.58. The summed E-state index contributed by atoms with van der Waals surface area (Å²) in [6.07, 6.45) is 2.30. The third-order valence-electron chi connectivity index (χ3n) is 5.35. The van der Waals surface area contributed by atoms with Crippen molar-refractivity contribution in [3.05, 3.63) is 108 Å². The van der Waals surface area contributed by atoms with Crippen LogP contribution in [0.4, 0.5) is 0 Å². The van der Waals surface area contributed by atoms with Crippen molar-refractivity contribution in [2.24, 2.45) is 0 Å². The normalized spacial score (nSPS) is 11.9. The number of aromatic amines is 1. The predicted octanol–water partition coefficient (Wildman–Crippen LogP) is 4.12. The summed E-state index contributed by atoms with van der Waals surface area (Å²) in [7, 11) is 0. The minimum atomic E-state index is -0.688. The van der Waals surface area contributed by atoms with E-state index in [2.05, 4.69) is 15.6 Å². The van der Waals surface area contributed by atoms with Gasteiger partial charge in [0.25, 0.3) is 0 Å². The highest BCUT2D eigenvalue weighted by Crippen LogP contribution is 2.23. The van der Waals surface area contributed by atoms with Crippen LogP contribution in [0.15, 0.2) is 91.1 Å². The van der Waals surface area contributed by atoms with Crippen LogP contribution in [-0.4, -0.2) is 22.8 Å². The Labute approximate surface area is 181 Å². The summed E-state index contributed by atoms with van der Waals surface area (Å²) < 4.78 is 0. The first-order valence-electron chi connectivity index (χ1n) is 10.3. The quantitative estimate of drug-likeness (QED) is 0.428. The second kappa shape index (κ2) is 9.30. The molecule has 0 bridgehead atoms. The maximum absolute atomic E-state index is 13.4. The molecule has 0 radical (unpaired) electrons. The summed E-state index contributed by atoms with van der Waals surface area (Å²) in [6.45, 7) is 1.43. The molecule has 1 aromatic heterocycles. The van der Waals surface area contributed by atoms with Gasteiger partial charge in [-0.1, -0.05) is 78.9 Å². The Balaban J connectivity index is 1.61. The average molecular weight is 412 g/mol. The number of hydrogen-bond acceptors (Lipinski definition) is 2. The molecule has 3 aromatic carbocycles. The lowest BCUT2D eigenvalue weighted by molar-refractivity contribution is -0.128. The molecule has 0 aliphatic carbocycles. The number of amides is 2. The second-order valence-electron chi connectivity index (χ2n) is 7.58. The Kier molecular flexibility index (Phi) is 6.13. The van der Waals surface area contributed by atoms with Gasteiger partial charge in [0.05, 0.1) is 6.04 Å². The number of para-hydroxylation sites is 1. The smallest absolute Gasteiger partial charge is 0.243 e. The molecule has 2 amide bonds. The van der Waals surface area contributed by atoms with Gasteiger partial charge in [-0.25, -0.2) is 0 Å². The van der Waals surface area contributed by atoms with E-state index in [0.29, 0.717) is 6.42 Å². The first kappa shape index (κ1) is 20.4. The fraction of sp³-hybridized carbons (Fsp3) is 0.154. The number of carbonyl (C=O) groups is 2. The van der Waals surface area contributed by atoms with Gasteiger partial charge in [0, 0.05) is 30.4 Å². The van der Waals surface area contributed by atoms with Crippen molar-refractivity contribution in [2.45, 2.75) is 25.4 Å². The lowest BCUT2D eigenvalue weighted by atomic mass is 9.97. The van der Waals surface area contributed by atoms with Crippen LogP contribution in [0.25, 0.3) is 10.9 Å². The van der Waals surface area contributed by atoms with Gasteiger partial charge in [-0.3, -0.25) is 9.59 Å². The number of carbonyl (C=O) groups excluding carboxylic acids is 2. The van der Waals surface area contributed by atoms with Crippen LogP contribution in [0.3, 0.4) is 0 Å². The molecule has 0 fully saturated rings. The Bertz CT molecular complexity index is 1130. The van der Waals surface area contributed by atoms with E-state index in [1.54, 1.807) is 0 Å². The van der Waals surface area contributed by atoms with Crippen molar-refractivity contribution in [3.63, 3.8) is 0 Å². The summed E-state index contributed by atoms with van der Waals surface area (Å²) in [6, 6.07) is 26.6. The monoisotopic (exact) mass is 411 g/mol. The molecule has 0 aliphatic heterocycles. The molecule has 0 aliphatic rings. The third kappa shape index (κ3) is 4.83. The van der Waals surface area contributed by atoms with E-state index in [1.165, 1.54) is 6.92 Å². The van der Waals surface area contributed by atoms with Crippen molar-refractivity contribution in [1.82, 2.24) is 15.6 Å². The van der Waals surface area contributed by atoms with Gasteiger partial charge in [-0.15, -0.1) is 0 Å². The molecule has 3 N–H and O–H groups in total. The molecule has 5 nitrogen and oxygen atoms in total. The maximum Gasteiger partial charge on any atom is 0.243 e. The molecule has 1 atom stereocenters. The van der Waals surface area contributed by atoms with Crippen LogP contribution in [0.2, 0.25) is 0 Å². The van der Waals surface area contributed by atoms with Crippen LogP contribution in [0.1, 0.15) is 29.7 Å². The van der Waals surface area contributed by atoms with Gasteiger partial charge in [-0.05, 0) is 22.8 Å². The Hall–Kier alpha value is -3.86. The number of benzene rings is 3. The molecule has 31 heavy (non-hydrogen) atoms. The van der Waals surface area contributed by atoms with E-state index in [-0.39, 0.29) is 17.9 Å². The predicted molar refractivity (Wildman–Crippen MR) is 122 cm³/mol. The van der Waals surface area contributed by atoms with Gasteiger partial charge in [0.15, 0.2) is 0 Å². The third-order valence-corrected chi connectivity index (χ3v) is 5.35. The standard InChI is InChI=1S/C26H25N3O2/c1-18(30)28-24(16-21-17-27-23-15-9-8-14-22(21)23)26(31)29-25(19-10-4-2-5-11-19)20-12-6-3-7-13-20/h2-15,17,24-25,27H,16H2,1H3,(H,28,30)(H,29,31)/t24-/m1/s1. The summed E-state index contributed by atoms with van der Waals surface area (Å²) in [5, 5.41) is 7.03. The molecule has 1 heterocycles. The van der Waals surface area contributed by atoms with Crippen molar-refractivity contribution >= 4 is 22.7 Å². The molecule has 0 saturated carbocycles. The molecular weight excluding hydrogens is 386 g/mol. The fourth-order valence-corrected chi connectivity index (χ4v) is 3.87. The zero-order valence-corrected chi connectivity index (χ0v) is 17.3. The van der Waals surface area contributed by atoms with E-state index < -0.39 is 6.04 Å². The van der Waals surface area contributed by atoms with E-state index in [4.69, 9.17) is 0 Å². The number of nitrogens with one attached hydrogen (secondary N) is 3.